The molecule has 0 aliphatic rings. The standard InChI is InChI=1S/C15H8F3N5O/c16-15(17,18)9-3-1-2-8(6-9)11-4-5-21-14-10(7-19)12(13(20)24)22-23(11)14/h1-6H,(H2,20,24). The largest absolute Gasteiger partial charge is 0.416 e. The second-order valence-electron chi connectivity index (χ2n) is 4.84. The van der Waals surface area contributed by atoms with Crippen molar-refractivity contribution in [3.8, 4) is 17.3 Å². The van der Waals surface area contributed by atoms with Gasteiger partial charge in [-0.15, -0.1) is 0 Å². The summed E-state index contributed by atoms with van der Waals surface area (Å²) in [4.78, 5) is 15.4. The lowest BCUT2D eigenvalue weighted by molar-refractivity contribution is -0.137. The van der Waals surface area contributed by atoms with Crippen LogP contribution in [0.15, 0.2) is 36.5 Å². The molecule has 9 heteroatoms. The summed E-state index contributed by atoms with van der Waals surface area (Å²) in [5.74, 6) is -0.924. The van der Waals surface area contributed by atoms with Gasteiger partial charge >= 0.3 is 6.18 Å². The van der Waals surface area contributed by atoms with Crippen LogP contribution in [0.5, 0.6) is 0 Å². The van der Waals surface area contributed by atoms with Gasteiger partial charge in [0.25, 0.3) is 5.91 Å². The van der Waals surface area contributed by atoms with Crippen molar-refractivity contribution in [3.63, 3.8) is 0 Å². The number of alkyl halides is 3. The van der Waals surface area contributed by atoms with Crippen LogP contribution >= 0.6 is 0 Å². The lowest BCUT2D eigenvalue weighted by Gasteiger charge is -2.09. The number of nitrogens with two attached hydrogens (primary N) is 1. The van der Waals surface area contributed by atoms with Gasteiger partial charge in [-0.25, -0.2) is 9.50 Å². The van der Waals surface area contributed by atoms with Crippen molar-refractivity contribution in [2.45, 2.75) is 6.18 Å². The maximum absolute atomic E-state index is 12.9. The zero-order valence-electron chi connectivity index (χ0n) is 11.9. The van der Waals surface area contributed by atoms with E-state index in [4.69, 9.17) is 11.0 Å². The fourth-order valence-electron chi connectivity index (χ4n) is 2.29. The lowest BCUT2D eigenvalue weighted by atomic mass is 10.1. The number of benzene rings is 1. The molecule has 0 aliphatic heterocycles. The van der Waals surface area contributed by atoms with E-state index in [1.165, 1.54) is 24.4 Å². The number of nitrogens with zero attached hydrogens (tertiary/aromatic N) is 4. The Morgan fingerprint density at radius 3 is 2.67 bits per heavy atom. The topological polar surface area (TPSA) is 97.1 Å². The highest BCUT2D eigenvalue weighted by Gasteiger charge is 2.30. The Kier molecular flexibility index (Phi) is 3.45. The third-order valence-corrected chi connectivity index (χ3v) is 3.35. The zero-order chi connectivity index (χ0) is 17.5. The summed E-state index contributed by atoms with van der Waals surface area (Å²) in [6, 6.07) is 7.83. The number of amides is 1. The molecule has 0 aliphatic carbocycles. The van der Waals surface area contributed by atoms with Gasteiger partial charge in [-0.3, -0.25) is 4.79 Å². The average molecular weight is 331 g/mol. The molecule has 0 fully saturated rings. The van der Waals surface area contributed by atoms with E-state index in [2.05, 4.69) is 10.1 Å². The Hall–Kier alpha value is -3.41. The maximum Gasteiger partial charge on any atom is 0.416 e. The Morgan fingerprint density at radius 1 is 1.29 bits per heavy atom. The van der Waals surface area contributed by atoms with Crippen LogP contribution in [0.4, 0.5) is 13.2 Å². The monoisotopic (exact) mass is 331 g/mol. The number of primary amides is 1. The van der Waals surface area contributed by atoms with E-state index in [-0.39, 0.29) is 28.2 Å². The van der Waals surface area contributed by atoms with Gasteiger partial charge in [-0.05, 0) is 18.2 Å². The van der Waals surface area contributed by atoms with E-state index in [0.717, 1.165) is 16.6 Å². The highest BCUT2D eigenvalue weighted by atomic mass is 19.4. The fraction of sp³-hybridized carbons (Fsp3) is 0.0667. The molecule has 0 bridgehead atoms. The van der Waals surface area contributed by atoms with E-state index in [0.29, 0.717) is 0 Å². The Bertz CT molecular complexity index is 1000. The first-order chi connectivity index (χ1) is 11.3. The van der Waals surface area contributed by atoms with Gasteiger partial charge in [-0.2, -0.15) is 23.5 Å². The molecule has 1 aromatic carbocycles. The fourth-order valence-corrected chi connectivity index (χ4v) is 2.29. The molecule has 0 saturated heterocycles. The second-order valence-corrected chi connectivity index (χ2v) is 4.84. The molecule has 120 valence electrons. The average Bonchev–Trinajstić information content (AvgIpc) is 2.93. The number of carbonyl (C=O) groups is 1. The molecule has 1 amide bonds. The SMILES string of the molecule is N#Cc1c(C(N)=O)nn2c(-c3cccc(C(F)(F)F)c3)ccnc12. The molecule has 0 unspecified atom stereocenters. The van der Waals surface area contributed by atoms with Crippen molar-refractivity contribution < 1.29 is 18.0 Å². The highest BCUT2D eigenvalue weighted by Crippen LogP contribution is 2.32. The van der Waals surface area contributed by atoms with Crippen LogP contribution in [0.1, 0.15) is 21.6 Å². The third-order valence-electron chi connectivity index (χ3n) is 3.35. The Morgan fingerprint density at radius 2 is 2.04 bits per heavy atom. The normalized spacial score (nSPS) is 11.4. The van der Waals surface area contributed by atoms with Gasteiger partial charge < -0.3 is 5.73 Å². The molecule has 0 saturated carbocycles. The van der Waals surface area contributed by atoms with Crippen LogP contribution < -0.4 is 5.73 Å². The molecule has 6 nitrogen and oxygen atoms in total. The van der Waals surface area contributed by atoms with Crippen molar-refractivity contribution in [3.05, 3.63) is 53.3 Å². The summed E-state index contributed by atoms with van der Waals surface area (Å²) in [6.45, 7) is 0. The summed E-state index contributed by atoms with van der Waals surface area (Å²) >= 11 is 0. The van der Waals surface area contributed by atoms with Crippen LogP contribution in [0, 0.1) is 11.3 Å². The summed E-state index contributed by atoms with van der Waals surface area (Å²) in [7, 11) is 0. The molecule has 0 spiro atoms. The molecule has 3 rings (SSSR count). The first-order valence-corrected chi connectivity index (χ1v) is 6.58. The van der Waals surface area contributed by atoms with E-state index in [1.54, 1.807) is 6.07 Å². The summed E-state index contributed by atoms with van der Waals surface area (Å²) in [5.41, 5.74) is 4.44. The zero-order valence-corrected chi connectivity index (χ0v) is 11.9. The van der Waals surface area contributed by atoms with Gasteiger partial charge in [-0.1, -0.05) is 12.1 Å². The van der Waals surface area contributed by atoms with Gasteiger partial charge in [0.05, 0.1) is 11.3 Å². The predicted molar refractivity (Wildman–Crippen MR) is 76.7 cm³/mol. The molecule has 2 heterocycles. The number of hydrogen-bond acceptors (Lipinski definition) is 4. The van der Waals surface area contributed by atoms with Gasteiger partial charge in [0.1, 0.15) is 11.6 Å². The van der Waals surface area contributed by atoms with E-state index < -0.39 is 17.6 Å². The number of fused-ring (bicyclic) bond motifs is 1. The minimum Gasteiger partial charge on any atom is -0.364 e. The molecular weight excluding hydrogens is 323 g/mol. The van der Waals surface area contributed by atoms with Gasteiger partial charge in [0.2, 0.25) is 0 Å². The molecule has 0 radical (unpaired) electrons. The first kappa shape index (κ1) is 15.5. The molecule has 24 heavy (non-hydrogen) atoms. The number of aromatic nitrogens is 3. The van der Waals surface area contributed by atoms with Crippen LogP contribution in [-0.2, 0) is 6.18 Å². The van der Waals surface area contributed by atoms with E-state index >= 15 is 0 Å². The van der Waals surface area contributed by atoms with Crippen LogP contribution in [0.3, 0.4) is 0 Å². The predicted octanol–water partition coefficient (Wildman–Crippen LogP) is 2.39. The van der Waals surface area contributed by atoms with E-state index in [1.807, 2.05) is 0 Å². The van der Waals surface area contributed by atoms with Crippen LogP contribution in [0.25, 0.3) is 16.9 Å². The molecule has 3 aromatic rings. The number of hydrogen-bond donors (Lipinski definition) is 1. The number of rotatable bonds is 2. The van der Waals surface area contributed by atoms with Crippen LogP contribution in [-0.4, -0.2) is 20.5 Å². The Balaban J connectivity index is 2.29. The number of nitriles is 1. The summed E-state index contributed by atoms with van der Waals surface area (Å²) < 4.78 is 39.8. The molecule has 2 N–H and O–H groups in total. The van der Waals surface area contributed by atoms with E-state index in [9.17, 15) is 18.0 Å². The number of halogens is 3. The van der Waals surface area contributed by atoms with Gasteiger partial charge in [0.15, 0.2) is 11.3 Å². The summed E-state index contributed by atoms with van der Waals surface area (Å²) in [5, 5.41) is 13.1. The lowest BCUT2D eigenvalue weighted by Crippen LogP contribution is -2.13. The van der Waals surface area contributed by atoms with Crippen molar-refractivity contribution in [2.24, 2.45) is 5.73 Å². The van der Waals surface area contributed by atoms with Crippen molar-refractivity contribution >= 4 is 11.6 Å². The van der Waals surface area contributed by atoms with Gasteiger partial charge in [0, 0.05) is 11.8 Å². The minimum absolute atomic E-state index is 0.0428. The molecule has 0 atom stereocenters. The number of carbonyl (C=O) groups excluding carboxylic acids is 1. The second kappa shape index (κ2) is 5.34. The highest BCUT2D eigenvalue weighted by molar-refractivity contribution is 5.95. The van der Waals surface area contributed by atoms with Crippen molar-refractivity contribution in [2.75, 3.05) is 0 Å². The smallest absolute Gasteiger partial charge is 0.364 e. The molecule has 2 aromatic heterocycles. The first-order valence-electron chi connectivity index (χ1n) is 6.58. The molecular formula is C15H8F3N5O. The summed E-state index contributed by atoms with van der Waals surface area (Å²) in [6.07, 6.45) is -3.18. The quantitative estimate of drug-likeness (QED) is 0.779. The Labute approximate surface area is 132 Å². The van der Waals surface area contributed by atoms with Crippen LogP contribution in [0.2, 0.25) is 0 Å². The minimum atomic E-state index is -4.50. The van der Waals surface area contributed by atoms with Crippen molar-refractivity contribution in [1.82, 2.24) is 14.6 Å². The maximum atomic E-state index is 12.9. The third kappa shape index (κ3) is 2.44. The van der Waals surface area contributed by atoms with Crippen molar-refractivity contribution in [1.29, 1.82) is 5.26 Å².